The van der Waals surface area contributed by atoms with Crippen molar-refractivity contribution in [2.75, 3.05) is 19.6 Å². The first-order chi connectivity index (χ1) is 13.0. The van der Waals surface area contributed by atoms with E-state index in [0.29, 0.717) is 25.2 Å². The van der Waals surface area contributed by atoms with Crippen LogP contribution in [0.4, 0.5) is 0 Å². The van der Waals surface area contributed by atoms with Gasteiger partial charge in [-0.3, -0.25) is 9.59 Å². The van der Waals surface area contributed by atoms with Crippen LogP contribution in [0.3, 0.4) is 0 Å². The van der Waals surface area contributed by atoms with Crippen LogP contribution in [0, 0.1) is 5.92 Å². The van der Waals surface area contributed by atoms with Crippen LogP contribution in [0.2, 0.25) is 0 Å². The second-order valence-corrected chi connectivity index (χ2v) is 6.43. The number of piperidine rings is 1. The summed E-state index contributed by atoms with van der Waals surface area (Å²) in [5, 5.41) is 11.8. The monoisotopic (exact) mass is 368 g/mol. The Bertz CT molecular complexity index is 823. The van der Waals surface area contributed by atoms with Gasteiger partial charge < -0.3 is 15.3 Å². The number of likely N-dealkylation sites (tertiary alicyclic amines) is 1. The molecule has 2 amide bonds. The molecule has 1 aromatic carbocycles. The molecule has 140 valence electrons. The van der Waals surface area contributed by atoms with Gasteiger partial charge in [-0.2, -0.15) is 0 Å². The molecular formula is C19H20N4O4. The molecule has 0 radical (unpaired) electrons. The summed E-state index contributed by atoms with van der Waals surface area (Å²) in [6, 6.07) is 8.99. The van der Waals surface area contributed by atoms with E-state index in [2.05, 4.69) is 15.3 Å². The van der Waals surface area contributed by atoms with Gasteiger partial charge in [0, 0.05) is 25.2 Å². The average molecular weight is 368 g/mol. The molecule has 2 N–H and O–H groups in total. The highest BCUT2D eigenvalue weighted by molar-refractivity contribution is 5.94. The molecule has 2 heterocycles. The average Bonchev–Trinajstić information content (AvgIpc) is 2.72. The Balaban J connectivity index is 1.56. The van der Waals surface area contributed by atoms with Gasteiger partial charge in [-0.15, -0.1) is 0 Å². The van der Waals surface area contributed by atoms with Crippen molar-refractivity contribution in [3.8, 4) is 0 Å². The Hall–Kier alpha value is -3.29. The van der Waals surface area contributed by atoms with Gasteiger partial charge in [0.1, 0.15) is 5.69 Å². The SMILES string of the molecule is O=C(NCC1CCCN(C(=O)c2cnc(C(=O)O)cn2)C1)c1ccccc1. The van der Waals surface area contributed by atoms with Crippen LogP contribution in [-0.2, 0) is 0 Å². The fourth-order valence-corrected chi connectivity index (χ4v) is 3.06. The highest BCUT2D eigenvalue weighted by Gasteiger charge is 2.26. The van der Waals surface area contributed by atoms with Crippen LogP contribution in [-0.4, -0.2) is 57.4 Å². The predicted octanol–water partition coefficient (Wildman–Crippen LogP) is 1.46. The fraction of sp³-hybridized carbons (Fsp3) is 0.316. The molecule has 1 saturated heterocycles. The number of benzene rings is 1. The van der Waals surface area contributed by atoms with Crippen molar-refractivity contribution in [3.05, 3.63) is 59.7 Å². The van der Waals surface area contributed by atoms with Crippen molar-refractivity contribution in [1.82, 2.24) is 20.2 Å². The van der Waals surface area contributed by atoms with Gasteiger partial charge in [0.25, 0.3) is 11.8 Å². The number of hydrogen-bond donors (Lipinski definition) is 2. The number of aromatic nitrogens is 2. The summed E-state index contributed by atoms with van der Waals surface area (Å²) in [5.41, 5.74) is 0.524. The van der Waals surface area contributed by atoms with Gasteiger partial charge in [0.2, 0.25) is 0 Å². The van der Waals surface area contributed by atoms with Crippen molar-refractivity contribution in [1.29, 1.82) is 0 Å². The number of nitrogens with zero attached hydrogens (tertiary/aromatic N) is 3. The molecule has 0 spiro atoms. The Labute approximate surface area is 156 Å². The molecule has 1 aliphatic rings. The van der Waals surface area contributed by atoms with Crippen LogP contribution >= 0.6 is 0 Å². The van der Waals surface area contributed by atoms with E-state index < -0.39 is 5.97 Å². The van der Waals surface area contributed by atoms with E-state index in [1.165, 1.54) is 6.20 Å². The maximum Gasteiger partial charge on any atom is 0.356 e. The number of carboxylic acids is 1. The predicted molar refractivity (Wildman–Crippen MR) is 96.4 cm³/mol. The lowest BCUT2D eigenvalue weighted by atomic mass is 9.97. The molecule has 1 atom stereocenters. The number of amides is 2. The van der Waals surface area contributed by atoms with E-state index in [0.717, 1.165) is 19.0 Å². The van der Waals surface area contributed by atoms with Crippen LogP contribution in [0.1, 0.15) is 44.2 Å². The molecule has 0 bridgehead atoms. The summed E-state index contributed by atoms with van der Waals surface area (Å²) in [6.45, 7) is 1.60. The molecule has 1 aromatic heterocycles. The standard InChI is InChI=1S/C19H20N4O4/c24-17(14-6-2-1-3-7-14)22-9-13-5-4-8-23(12-13)18(25)15-10-21-16(11-20-15)19(26)27/h1-3,6-7,10-11,13H,4-5,8-9,12H2,(H,22,24)(H,26,27). The normalized spacial score (nSPS) is 16.6. The minimum atomic E-state index is -1.19. The van der Waals surface area contributed by atoms with Crippen LogP contribution < -0.4 is 5.32 Å². The van der Waals surface area contributed by atoms with Crippen molar-refractivity contribution in [2.24, 2.45) is 5.92 Å². The van der Waals surface area contributed by atoms with Crippen LogP contribution in [0.15, 0.2) is 42.7 Å². The Morgan fingerprint density at radius 1 is 1.11 bits per heavy atom. The van der Waals surface area contributed by atoms with Gasteiger partial charge in [0.15, 0.2) is 5.69 Å². The molecular weight excluding hydrogens is 348 g/mol. The van der Waals surface area contributed by atoms with E-state index in [-0.39, 0.29) is 29.1 Å². The first-order valence-corrected chi connectivity index (χ1v) is 8.72. The van der Waals surface area contributed by atoms with Crippen LogP contribution in [0.5, 0.6) is 0 Å². The molecule has 3 rings (SSSR count). The third kappa shape index (κ3) is 4.66. The number of rotatable bonds is 5. The summed E-state index contributed by atoms with van der Waals surface area (Å²) in [5.74, 6) is -1.44. The first-order valence-electron chi connectivity index (χ1n) is 8.72. The quantitative estimate of drug-likeness (QED) is 0.826. The molecule has 8 heteroatoms. The number of nitrogens with one attached hydrogen (secondary N) is 1. The summed E-state index contributed by atoms with van der Waals surface area (Å²) in [4.78, 5) is 44.9. The zero-order valence-corrected chi connectivity index (χ0v) is 14.7. The maximum absolute atomic E-state index is 12.6. The summed E-state index contributed by atoms with van der Waals surface area (Å²) >= 11 is 0. The largest absolute Gasteiger partial charge is 0.476 e. The lowest BCUT2D eigenvalue weighted by Crippen LogP contribution is -2.44. The lowest BCUT2D eigenvalue weighted by Gasteiger charge is -2.32. The summed E-state index contributed by atoms with van der Waals surface area (Å²) < 4.78 is 0. The first kappa shape index (κ1) is 18.5. The molecule has 27 heavy (non-hydrogen) atoms. The Morgan fingerprint density at radius 3 is 2.48 bits per heavy atom. The topological polar surface area (TPSA) is 112 Å². The highest BCUT2D eigenvalue weighted by Crippen LogP contribution is 2.17. The van der Waals surface area contributed by atoms with Gasteiger partial charge in [-0.25, -0.2) is 14.8 Å². The van der Waals surface area contributed by atoms with E-state index in [1.54, 1.807) is 17.0 Å². The molecule has 1 fully saturated rings. The number of carbonyl (C=O) groups excluding carboxylic acids is 2. The third-order valence-electron chi connectivity index (χ3n) is 4.48. The van der Waals surface area contributed by atoms with Crippen molar-refractivity contribution in [2.45, 2.75) is 12.8 Å². The van der Waals surface area contributed by atoms with Gasteiger partial charge in [-0.05, 0) is 30.9 Å². The summed E-state index contributed by atoms with van der Waals surface area (Å²) in [7, 11) is 0. The molecule has 0 aliphatic carbocycles. The van der Waals surface area contributed by atoms with Crippen LogP contribution in [0.25, 0.3) is 0 Å². The number of carboxylic acid groups (broad SMARTS) is 1. The minimum absolute atomic E-state index is 0.119. The Morgan fingerprint density at radius 2 is 1.81 bits per heavy atom. The smallest absolute Gasteiger partial charge is 0.356 e. The van der Waals surface area contributed by atoms with Crippen molar-refractivity contribution >= 4 is 17.8 Å². The van der Waals surface area contributed by atoms with Crippen molar-refractivity contribution < 1.29 is 19.5 Å². The summed E-state index contributed by atoms with van der Waals surface area (Å²) in [6.07, 6.45) is 4.02. The van der Waals surface area contributed by atoms with E-state index >= 15 is 0 Å². The highest BCUT2D eigenvalue weighted by atomic mass is 16.4. The van der Waals surface area contributed by atoms with Crippen molar-refractivity contribution in [3.63, 3.8) is 0 Å². The second-order valence-electron chi connectivity index (χ2n) is 6.43. The van der Waals surface area contributed by atoms with Gasteiger partial charge in [-0.1, -0.05) is 18.2 Å². The van der Waals surface area contributed by atoms with E-state index in [1.807, 2.05) is 18.2 Å². The van der Waals surface area contributed by atoms with Gasteiger partial charge >= 0.3 is 5.97 Å². The zero-order chi connectivity index (χ0) is 19.2. The molecule has 1 aliphatic heterocycles. The third-order valence-corrected chi connectivity index (χ3v) is 4.48. The molecule has 8 nitrogen and oxygen atoms in total. The fourth-order valence-electron chi connectivity index (χ4n) is 3.06. The number of aromatic carboxylic acids is 1. The van der Waals surface area contributed by atoms with Gasteiger partial charge in [0.05, 0.1) is 12.4 Å². The second kappa shape index (κ2) is 8.39. The molecule has 1 unspecified atom stereocenters. The maximum atomic E-state index is 12.6. The number of carbonyl (C=O) groups is 3. The van der Waals surface area contributed by atoms with E-state index in [9.17, 15) is 14.4 Å². The zero-order valence-electron chi connectivity index (χ0n) is 14.7. The Kier molecular flexibility index (Phi) is 5.75. The molecule has 2 aromatic rings. The lowest BCUT2D eigenvalue weighted by molar-refractivity contribution is 0.0655. The molecule has 0 saturated carbocycles. The minimum Gasteiger partial charge on any atom is -0.476 e. The van der Waals surface area contributed by atoms with E-state index in [4.69, 9.17) is 5.11 Å². The number of hydrogen-bond acceptors (Lipinski definition) is 5.